The summed E-state index contributed by atoms with van der Waals surface area (Å²) in [4.78, 5) is 20.4. The van der Waals surface area contributed by atoms with Crippen LogP contribution >= 0.6 is 0 Å². The standard InChI is InChI=1S/C21H32FN5O2/c1-3-20(28)27-8-7-17(15-27)25-21(23-4-2)24-14-16-5-6-19(18(22)13-16)26-9-11-29-12-10-26/h5-6,13,17H,3-4,7-12,14-15H2,1-2H3,(H2,23,24,25). The Kier molecular flexibility index (Phi) is 7.69. The van der Waals surface area contributed by atoms with Gasteiger partial charge in [0.15, 0.2) is 5.96 Å². The third-order valence-electron chi connectivity index (χ3n) is 5.31. The second kappa shape index (κ2) is 10.4. The van der Waals surface area contributed by atoms with Crippen molar-refractivity contribution in [2.75, 3.05) is 50.8 Å². The number of amides is 1. The van der Waals surface area contributed by atoms with E-state index in [4.69, 9.17) is 4.74 Å². The summed E-state index contributed by atoms with van der Waals surface area (Å²) < 4.78 is 19.9. The quantitative estimate of drug-likeness (QED) is 0.557. The number of guanidine groups is 1. The molecule has 0 spiro atoms. The van der Waals surface area contributed by atoms with Gasteiger partial charge in [0.05, 0.1) is 25.4 Å². The second-order valence-corrected chi connectivity index (χ2v) is 7.40. The van der Waals surface area contributed by atoms with Gasteiger partial charge >= 0.3 is 0 Å². The number of nitrogens with zero attached hydrogens (tertiary/aromatic N) is 3. The van der Waals surface area contributed by atoms with E-state index >= 15 is 0 Å². The van der Waals surface area contributed by atoms with E-state index in [1.165, 1.54) is 0 Å². The molecule has 0 saturated carbocycles. The molecular formula is C21H32FN5O2. The predicted molar refractivity (Wildman–Crippen MR) is 113 cm³/mol. The maximum Gasteiger partial charge on any atom is 0.222 e. The zero-order valence-electron chi connectivity index (χ0n) is 17.4. The average molecular weight is 406 g/mol. The number of halogens is 1. The first-order valence-corrected chi connectivity index (χ1v) is 10.5. The van der Waals surface area contributed by atoms with E-state index in [1.54, 1.807) is 6.07 Å². The van der Waals surface area contributed by atoms with Crippen molar-refractivity contribution in [2.45, 2.75) is 39.3 Å². The zero-order valence-corrected chi connectivity index (χ0v) is 17.4. The second-order valence-electron chi connectivity index (χ2n) is 7.40. The van der Waals surface area contributed by atoms with Crippen LogP contribution < -0.4 is 15.5 Å². The molecule has 1 unspecified atom stereocenters. The number of rotatable bonds is 6. The van der Waals surface area contributed by atoms with Crippen molar-refractivity contribution in [3.8, 4) is 0 Å². The number of nitrogens with one attached hydrogen (secondary N) is 2. The van der Waals surface area contributed by atoms with Gasteiger partial charge in [-0.15, -0.1) is 0 Å². The summed E-state index contributed by atoms with van der Waals surface area (Å²) in [6.07, 6.45) is 1.44. The van der Waals surface area contributed by atoms with Crippen molar-refractivity contribution in [1.29, 1.82) is 0 Å². The Morgan fingerprint density at radius 2 is 2.07 bits per heavy atom. The average Bonchev–Trinajstić information content (AvgIpc) is 3.21. The van der Waals surface area contributed by atoms with Crippen LogP contribution in [-0.4, -0.2) is 68.7 Å². The van der Waals surface area contributed by atoms with Gasteiger partial charge in [-0.1, -0.05) is 13.0 Å². The molecule has 7 nitrogen and oxygen atoms in total. The van der Waals surface area contributed by atoms with E-state index in [-0.39, 0.29) is 17.8 Å². The van der Waals surface area contributed by atoms with E-state index in [9.17, 15) is 9.18 Å². The number of hydrogen-bond acceptors (Lipinski definition) is 4. The molecule has 1 aromatic carbocycles. The fourth-order valence-corrected chi connectivity index (χ4v) is 3.72. The minimum absolute atomic E-state index is 0.184. The number of hydrogen-bond donors (Lipinski definition) is 2. The fourth-order valence-electron chi connectivity index (χ4n) is 3.72. The molecule has 2 heterocycles. The van der Waals surface area contributed by atoms with Crippen LogP contribution in [0.2, 0.25) is 0 Å². The lowest BCUT2D eigenvalue weighted by atomic mass is 10.1. The SMILES string of the molecule is CCNC(=NCc1ccc(N2CCOCC2)c(F)c1)NC1CCN(C(=O)CC)C1. The summed E-state index contributed by atoms with van der Waals surface area (Å²) in [5, 5.41) is 6.64. The molecule has 2 aliphatic rings. The number of aliphatic imine (C=N–C) groups is 1. The molecule has 0 aromatic heterocycles. The van der Waals surface area contributed by atoms with Crippen molar-refractivity contribution >= 4 is 17.6 Å². The van der Waals surface area contributed by atoms with Crippen LogP contribution in [0.1, 0.15) is 32.3 Å². The number of likely N-dealkylation sites (tertiary alicyclic amines) is 1. The molecule has 160 valence electrons. The van der Waals surface area contributed by atoms with Crippen molar-refractivity contribution in [2.24, 2.45) is 4.99 Å². The smallest absolute Gasteiger partial charge is 0.222 e. The van der Waals surface area contributed by atoms with Crippen LogP contribution in [0.4, 0.5) is 10.1 Å². The lowest BCUT2D eigenvalue weighted by Gasteiger charge is -2.29. The molecule has 2 N–H and O–H groups in total. The molecule has 3 rings (SSSR count). The number of carbonyl (C=O) groups excluding carboxylic acids is 1. The first-order chi connectivity index (χ1) is 14.1. The highest BCUT2D eigenvalue weighted by molar-refractivity contribution is 5.80. The number of ether oxygens (including phenoxy) is 1. The van der Waals surface area contributed by atoms with Gasteiger partial charge in [0.1, 0.15) is 5.82 Å². The molecule has 0 bridgehead atoms. The first-order valence-electron chi connectivity index (χ1n) is 10.5. The maximum atomic E-state index is 14.6. The highest BCUT2D eigenvalue weighted by Crippen LogP contribution is 2.22. The van der Waals surface area contributed by atoms with E-state index in [0.29, 0.717) is 57.5 Å². The van der Waals surface area contributed by atoms with Gasteiger partial charge < -0.3 is 25.2 Å². The van der Waals surface area contributed by atoms with Gasteiger partial charge in [-0.25, -0.2) is 9.38 Å². The number of anilines is 1. The molecule has 0 radical (unpaired) electrons. The Hall–Kier alpha value is -2.35. The molecule has 2 fully saturated rings. The zero-order chi connectivity index (χ0) is 20.6. The Morgan fingerprint density at radius 3 is 2.76 bits per heavy atom. The highest BCUT2D eigenvalue weighted by Gasteiger charge is 2.25. The molecule has 0 aliphatic carbocycles. The summed E-state index contributed by atoms with van der Waals surface area (Å²) in [6, 6.07) is 5.51. The van der Waals surface area contributed by atoms with Gasteiger partial charge in [-0.05, 0) is 31.0 Å². The van der Waals surface area contributed by atoms with Crippen molar-refractivity contribution < 1.29 is 13.9 Å². The molecule has 29 heavy (non-hydrogen) atoms. The Bertz CT molecular complexity index is 721. The van der Waals surface area contributed by atoms with E-state index < -0.39 is 0 Å². The molecule has 1 aromatic rings. The maximum absolute atomic E-state index is 14.6. The van der Waals surface area contributed by atoms with Gasteiger partial charge in [0.2, 0.25) is 5.91 Å². The Balaban J connectivity index is 1.59. The lowest BCUT2D eigenvalue weighted by molar-refractivity contribution is -0.129. The van der Waals surface area contributed by atoms with Gasteiger partial charge in [0.25, 0.3) is 0 Å². The van der Waals surface area contributed by atoms with Crippen molar-refractivity contribution in [1.82, 2.24) is 15.5 Å². The van der Waals surface area contributed by atoms with E-state index in [0.717, 1.165) is 25.1 Å². The first kappa shape index (κ1) is 21.4. The molecule has 1 atom stereocenters. The van der Waals surface area contributed by atoms with Crippen molar-refractivity contribution in [3.63, 3.8) is 0 Å². The van der Waals surface area contributed by atoms with Crippen LogP contribution in [0.5, 0.6) is 0 Å². The molecule has 2 saturated heterocycles. The predicted octanol–water partition coefficient (Wildman–Crippen LogP) is 1.73. The summed E-state index contributed by atoms with van der Waals surface area (Å²) in [6.45, 7) is 9.17. The summed E-state index contributed by atoms with van der Waals surface area (Å²) in [5.74, 6) is 0.662. The van der Waals surface area contributed by atoms with Crippen LogP contribution in [-0.2, 0) is 16.1 Å². The highest BCUT2D eigenvalue weighted by atomic mass is 19.1. The number of benzene rings is 1. The normalized spacial score (nSPS) is 20.1. The van der Waals surface area contributed by atoms with Crippen LogP contribution in [0.3, 0.4) is 0 Å². The van der Waals surface area contributed by atoms with Gasteiger partial charge in [0, 0.05) is 45.2 Å². The van der Waals surface area contributed by atoms with E-state index in [2.05, 4.69) is 15.6 Å². The summed E-state index contributed by atoms with van der Waals surface area (Å²) in [7, 11) is 0. The third-order valence-corrected chi connectivity index (χ3v) is 5.31. The number of morpholine rings is 1. The van der Waals surface area contributed by atoms with Crippen LogP contribution in [0.25, 0.3) is 0 Å². The minimum Gasteiger partial charge on any atom is -0.378 e. The molecule has 8 heteroatoms. The largest absolute Gasteiger partial charge is 0.378 e. The molecule has 2 aliphatic heterocycles. The Morgan fingerprint density at radius 1 is 1.28 bits per heavy atom. The Labute approximate surface area is 172 Å². The molecular weight excluding hydrogens is 373 g/mol. The lowest BCUT2D eigenvalue weighted by Crippen LogP contribution is -2.45. The van der Waals surface area contributed by atoms with Crippen molar-refractivity contribution in [3.05, 3.63) is 29.6 Å². The number of carbonyl (C=O) groups is 1. The topological polar surface area (TPSA) is 69.2 Å². The minimum atomic E-state index is -0.220. The van der Waals surface area contributed by atoms with Gasteiger partial charge in [-0.3, -0.25) is 4.79 Å². The summed E-state index contributed by atoms with van der Waals surface area (Å²) in [5.41, 5.74) is 1.45. The van der Waals surface area contributed by atoms with Crippen LogP contribution in [0, 0.1) is 5.82 Å². The fraction of sp³-hybridized carbons (Fsp3) is 0.619. The van der Waals surface area contributed by atoms with Gasteiger partial charge in [-0.2, -0.15) is 0 Å². The third kappa shape index (κ3) is 5.82. The molecule has 1 amide bonds. The summed E-state index contributed by atoms with van der Waals surface area (Å²) >= 11 is 0. The monoisotopic (exact) mass is 405 g/mol. The van der Waals surface area contributed by atoms with E-state index in [1.807, 2.05) is 35.8 Å². The van der Waals surface area contributed by atoms with Crippen LogP contribution in [0.15, 0.2) is 23.2 Å².